The summed E-state index contributed by atoms with van der Waals surface area (Å²) < 4.78 is 10.6. The Morgan fingerprint density at radius 2 is 2.00 bits per heavy atom. The average molecular weight is 297 g/mol. The molecule has 0 aromatic carbocycles. The smallest absolute Gasteiger partial charge is 0.333 e. The molecule has 0 spiro atoms. The van der Waals surface area contributed by atoms with E-state index in [2.05, 4.69) is 16.2 Å². The minimum absolute atomic E-state index is 0.180. The summed E-state index contributed by atoms with van der Waals surface area (Å²) in [6.07, 6.45) is 0.888. The fraction of sp³-hybridized carbons (Fsp3) is 0.571. The molecule has 0 saturated heterocycles. The lowest BCUT2D eigenvalue weighted by Crippen LogP contribution is -2.47. The van der Waals surface area contributed by atoms with Crippen molar-refractivity contribution in [2.75, 3.05) is 13.2 Å². The Bertz CT molecular complexity index is 483. The standard InChI is InChI=1S/C14H23N3O4/c1-9(2)20-7-5-6-15-14(19)17-16-13(18)12-8-10(3)21-11(12)4/h8-9H,5-7H2,1-4H3,(H,16,18)(H2,15,17,19). The van der Waals surface area contributed by atoms with E-state index in [4.69, 9.17) is 9.15 Å². The van der Waals surface area contributed by atoms with E-state index in [1.165, 1.54) is 0 Å². The molecule has 1 rings (SSSR count). The third-order valence-corrected chi connectivity index (χ3v) is 2.63. The molecular weight excluding hydrogens is 274 g/mol. The molecular formula is C14H23N3O4. The third kappa shape index (κ3) is 6.31. The number of furan rings is 1. The fourth-order valence-corrected chi connectivity index (χ4v) is 1.67. The van der Waals surface area contributed by atoms with Crippen LogP contribution in [-0.4, -0.2) is 31.2 Å². The highest BCUT2D eigenvalue weighted by molar-refractivity contribution is 5.96. The van der Waals surface area contributed by atoms with Crippen LogP contribution in [-0.2, 0) is 4.74 Å². The fourth-order valence-electron chi connectivity index (χ4n) is 1.67. The minimum Gasteiger partial charge on any atom is -0.466 e. The number of aryl methyl sites for hydroxylation is 2. The second-order valence-corrected chi connectivity index (χ2v) is 4.94. The van der Waals surface area contributed by atoms with Crippen molar-refractivity contribution in [1.82, 2.24) is 16.2 Å². The van der Waals surface area contributed by atoms with E-state index in [9.17, 15) is 9.59 Å². The Hall–Kier alpha value is -2.02. The Kier molecular flexibility index (Phi) is 6.74. The lowest BCUT2D eigenvalue weighted by Gasteiger charge is -2.10. The maximum atomic E-state index is 11.8. The molecule has 21 heavy (non-hydrogen) atoms. The van der Waals surface area contributed by atoms with Crippen LogP contribution in [0.25, 0.3) is 0 Å². The number of carbonyl (C=O) groups excluding carboxylic acids is 2. The Morgan fingerprint density at radius 1 is 1.29 bits per heavy atom. The minimum atomic E-state index is -0.467. The van der Waals surface area contributed by atoms with Gasteiger partial charge in [-0.3, -0.25) is 10.2 Å². The summed E-state index contributed by atoms with van der Waals surface area (Å²) in [5.41, 5.74) is 5.01. The second-order valence-electron chi connectivity index (χ2n) is 4.94. The number of hydrogen-bond donors (Lipinski definition) is 3. The number of hydrogen-bond acceptors (Lipinski definition) is 4. The highest BCUT2D eigenvalue weighted by Gasteiger charge is 2.13. The summed E-state index contributed by atoms with van der Waals surface area (Å²) >= 11 is 0. The monoisotopic (exact) mass is 297 g/mol. The van der Waals surface area contributed by atoms with E-state index in [1.807, 2.05) is 13.8 Å². The predicted molar refractivity (Wildman–Crippen MR) is 77.9 cm³/mol. The van der Waals surface area contributed by atoms with Gasteiger partial charge in [-0.15, -0.1) is 0 Å². The van der Waals surface area contributed by atoms with Crippen molar-refractivity contribution < 1.29 is 18.7 Å². The van der Waals surface area contributed by atoms with Crippen molar-refractivity contribution in [3.05, 3.63) is 23.2 Å². The van der Waals surface area contributed by atoms with Crippen LogP contribution in [0.4, 0.5) is 4.79 Å². The van der Waals surface area contributed by atoms with Crippen molar-refractivity contribution in [2.45, 2.75) is 40.2 Å². The molecule has 7 heteroatoms. The van der Waals surface area contributed by atoms with Gasteiger partial charge in [0.25, 0.3) is 5.91 Å². The highest BCUT2D eigenvalue weighted by atomic mass is 16.5. The molecule has 1 aromatic rings. The first-order chi connectivity index (χ1) is 9.90. The molecule has 0 aliphatic rings. The lowest BCUT2D eigenvalue weighted by molar-refractivity contribution is 0.0773. The molecule has 0 unspecified atom stereocenters. The normalized spacial score (nSPS) is 10.5. The topological polar surface area (TPSA) is 92.6 Å². The van der Waals surface area contributed by atoms with Gasteiger partial charge in [0, 0.05) is 13.2 Å². The molecule has 0 aliphatic heterocycles. The maximum Gasteiger partial charge on any atom is 0.333 e. The molecule has 7 nitrogen and oxygen atoms in total. The Labute approximate surface area is 124 Å². The van der Waals surface area contributed by atoms with Crippen molar-refractivity contribution in [3.63, 3.8) is 0 Å². The molecule has 0 atom stereocenters. The molecule has 3 N–H and O–H groups in total. The van der Waals surface area contributed by atoms with Crippen LogP contribution in [0.3, 0.4) is 0 Å². The van der Waals surface area contributed by atoms with Gasteiger partial charge in [0.15, 0.2) is 0 Å². The van der Waals surface area contributed by atoms with Crippen LogP contribution in [0.2, 0.25) is 0 Å². The molecule has 118 valence electrons. The number of amides is 3. The van der Waals surface area contributed by atoms with Gasteiger partial charge >= 0.3 is 6.03 Å². The SMILES string of the molecule is Cc1cc(C(=O)NNC(=O)NCCCOC(C)C)c(C)o1. The molecule has 0 radical (unpaired) electrons. The first kappa shape index (κ1) is 17.0. The van der Waals surface area contributed by atoms with Crippen molar-refractivity contribution in [2.24, 2.45) is 0 Å². The van der Waals surface area contributed by atoms with E-state index in [1.54, 1.807) is 19.9 Å². The average Bonchev–Trinajstić information content (AvgIpc) is 2.74. The van der Waals surface area contributed by atoms with Crippen LogP contribution in [0, 0.1) is 13.8 Å². The summed E-state index contributed by atoms with van der Waals surface area (Å²) in [5, 5.41) is 2.61. The number of carbonyl (C=O) groups is 2. The summed E-state index contributed by atoms with van der Waals surface area (Å²) in [6, 6.07) is 1.15. The molecule has 1 heterocycles. The molecule has 1 aromatic heterocycles. The summed E-state index contributed by atoms with van der Waals surface area (Å²) in [4.78, 5) is 23.3. The van der Waals surface area contributed by atoms with Crippen LogP contribution in [0.5, 0.6) is 0 Å². The van der Waals surface area contributed by atoms with Gasteiger partial charge in [-0.2, -0.15) is 0 Å². The molecule has 3 amide bonds. The highest BCUT2D eigenvalue weighted by Crippen LogP contribution is 2.12. The van der Waals surface area contributed by atoms with Gasteiger partial charge in [-0.05, 0) is 40.2 Å². The number of nitrogens with one attached hydrogen (secondary N) is 3. The number of urea groups is 1. The molecule has 0 bridgehead atoms. The van der Waals surface area contributed by atoms with Gasteiger partial charge in [-0.25, -0.2) is 10.2 Å². The van der Waals surface area contributed by atoms with Gasteiger partial charge < -0.3 is 14.5 Å². The maximum absolute atomic E-state index is 11.8. The summed E-state index contributed by atoms with van der Waals surface area (Å²) in [5.74, 6) is 0.743. The van der Waals surface area contributed by atoms with Crippen molar-refractivity contribution in [3.8, 4) is 0 Å². The zero-order valence-corrected chi connectivity index (χ0v) is 12.9. The van der Waals surface area contributed by atoms with Gasteiger partial charge in [0.2, 0.25) is 0 Å². The van der Waals surface area contributed by atoms with E-state index >= 15 is 0 Å². The largest absolute Gasteiger partial charge is 0.466 e. The van der Waals surface area contributed by atoms with Crippen molar-refractivity contribution in [1.29, 1.82) is 0 Å². The first-order valence-corrected chi connectivity index (χ1v) is 6.93. The Morgan fingerprint density at radius 3 is 2.57 bits per heavy atom. The molecule has 0 aliphatic carbocycles. The van der Waals surface area contributed by atoms with E-state index < -0.39 is 11.9 Å². The summed E-state index contributed by atoms with van der Waals surface area (Å²) in [7, 11) is 0. The lowest BCUT2D eigenvalue weighted by atomic mass is 10.2. The van der Waals surface area contributed by atoms with E-state index in [-0.39, 0.29) is 6.10 Å². The van der Waals surface area contributed by atoms with Crippen LogP contribution < -0.4 is 16.2 Å². The van der Waals surface area contributed by atoms with Gasteiger partial charge in [-0.1, -0.05) is 0 Å². The van der Waals surface area contributed by atoms with Crippen molar-refractivity contribution >= 4 is 11.9 Å². The zero-order chi connectivity index (χ0) is 15.8. The second kappa shape index (κ2) is 8.31. The molecule has 0 fully saturated rings. The first-order valence-electron chi connectivity index (χ1n) is 6.93. The van der Waals surface area contributed by atoms with Gasteiger partial charge in [0.1, 0.15) is 11.5 Å². The number of rotatable bonds is 6. The third-order valence-electron chi connectivity index (χ3n) is 2.63. The molecule has 0 saturated carbocycles. The van der Waals surface area contributed by atoms with Gasteiger partial charge in [0.05, 0.1) is 11.7 Å². The quantitative estimate of drug-likeness (QED) is 0.550. The number of hydrazine groups is 1. The number of ether oxygens (including phenoxy) is 1. The van der Waals surface area contributed by atoms with E-state index in [0.29, 0.717) is 36.7 Å². The predicted octanol–water partition coefficient (Wildman–Crippen LogP) is 1.66. The zero-order valence-electron chi connectivity index (χ0n) is 12.9. The summed E-state index contributed by atoms with van der Waals surface area (Å²) in [6.45, 7) is 8.40. The van der Waals surface area contributed by atoms with Crippen LogP contribution in [0.15, 0.2) is 10.5 Å². The van der Waals surface area contributed by atoms with Crippen LogP contribution >= 0.6 is 0 Å². The Balaban J connectivity index is 2.21. The van der Waals surface area contributed by atoms with E-state index in [0.717, 1.165) is 0 Å². The van der Waals surface area contributed by atoms with Crippen LogP contribution in [0.1, 0.15) is 42.1 Å².